The largest absolute Gasteiger partial charge is 0.359 e. The van der Waals surface area contributed by atoms with Crippen molar-refractivity contribution in [2.75, 3.05) is 5.32 Å². The number of benzene rings is 2. The lowest BCUT2D eigenvalue weighted by atomic mass is 10.0. The topological polar surface area (TPSA) is 79.7 Å². The number of alkyl halides is 2. The number of aromatic nitrogens is 2. The molecule has 5 nitrogen and oxygen atoms in total. The number of anilines is 1. The molecule has 9 heteroatoms. The maximum atomic E-state index is 13.6. The van der Waals surface area contributed by atoms with Crippen LogP contribution in [0, 0.1) is 11.3 Å². The van der Waals surface area contributed by atoms with E-state index in [4.69, 9.17) is 22.0 Å². The molecule has 0 saturated heterocycles. The summed E-state index contributed by atoms with van der Waals surface area (Å²) in [6.45, 7) is 4.83. The standard InChI is InChI=1S/C21H18ClF2N5S/c1-13(7-15-8-16(21(2,23)24)3-5-18(15)22)28-17-4-6-19(20(9-17)30-26)29-12-14(10-25)11-27-29/h3-6,8-9,11-12,28H,1,7,26H2,2H3. The number of rotatable bonds is 7. The minimum absolute atomic E-state index is 0.100. The van der Waals surface area contributed by atoms with E-state index >= 15 is 0 Å². The van der Waals surface area contributed by atoms with Crippen molar-refractivity contribution in [3.05, 3.63) is 82.8 Å². The third-order valence-corrected chi connectivity index (χ3v) is 5.27. The molecule has 30 heavy (non-hydrogen) atoms. The predicted molar refractivity (Wildman–Crippen MR) is 116 cm³/mol. The van der Waals surface area contributed by atoms with E-state index in [0.29, 0.717) is 21.8 Å². The summed E-state index contributed by atoms with van der Waals surface area (Å²) in [6.07, 6.45) is 3.36. The zero-order chi connectivity index (χ0) is 21.9. The second kappa shape index (κ2) is 8.88. The van der Waals surface area contributed by atoms with Gasteiger partial charge in [-0.15, -0.1) is 0 Å². The molecule has 154 valence electrons. The van der Waals surface area contributed by atoms with Gasteiger partial charge < -0.3 is 5.32 Å². The van der Waals surface area contributed by atoms with Crippen molar-refractivity contribution in [2.24, 2.45) is 5.14 Å². The molecule has 3 N–H and O–H groups in total. The Morgan fingerprint density at radius 2 is 2.13 bits per heavy atom. The van der Waals surface area contributed by atoms with Gasteiger partial charge in [0, 0.05) is 41.5 Å². The summed E-state index contributed by atoms with van der Waals surface area (Å²) in [5.74, 6) is -2.95. The first-order valence-corrected chi connectivity index (χ1v) is 10.0. The van der Waals surface area contributed by atoms with E-state index in [1.807, 2.05) is 24.3 Å². The van der Waals surface area contributed by atoms with Crippen molar-refractivity contribution in [1.82, 2.24) is 9.78 Å². The van der Waals surface area contributed by atoms with Gasteiger partial charge in [-0.25, -0.2) is 13.5 Å². The molecule has 0 bridgehead atoms. The number of hydrogen-bond acceptors (Lipinski definition) is 5. The summed E-state index contributed by atoms with van der Waals surface area (Å²) in [4.78, 5) is 0.728. The Hall–Kier alpha value is -2.86. The Kier molecular flexibility index (Phi) is 6.46. The Morgan fingerprint density at radius 1 is 1.37 bits per heavy atom. The van der Waals surface area contributed by atoms with E-state index in [9.17, 15) is 8.78 Å². The Bertz CT molecular complexity index is 1130. The monoisotopic (exact) mass is 445 g/mol. The van der Waals surface area contributed by atoms with E-state index in [1.165, 1.54) is 24.4 Å². The summed E-state index contributed by atoms with van der Waals surface area (Å²) < 4.78 is 28.8. The molecule has 0 aliphatic heterocycles. The van der Waals surface area contributed by atoms with E-state index in [-0.39, 0.29) is 12.0 Å². The molecule has 0 aliphatic carbocycles. The fourth-order valence-electron chi connectivity index (χ4n) is 2.85. The molecule has 1 aromatic heterocycles. The summed E-state index contributed by atoms with van der Waals surface area (Å²) in [5, 5.41) is 22.5. The highest BCUT2D eigenvalue weighted by Gasteiger charge is 2.25. The number of nitrogens with zero attached hydrogens (tertiary/aromatic N) is 3. The average Bonchev–Trinajstić information content (AvgIpc) is 3.17. The molecule has 0 spiro atoms. The zero-order valence-corrected chi connectivity index (χ0v) is 17.6. The molecule has 0 atom stereocenters. The molecule has 3 aromatic rings. The smallest absolute Gasteiger partial charge is 0.270 e. The van der Waals surface area contributed by atoms with Crippen LogP contribution in [0.1, 0.15) is 23.6 Å². The summed E-state index contributed by atoms with van der Waals surface area (Å²) in [7, 11) is 0. The van der Waals surface area contributed by atoms with Crippen LogP contribution in [0.2, 0.25) is 5.02 Å². The van der Waals surface area contributed by atoms with Gasteiger partial charge >= 0.3 is 0 Å². The third-order valence-electron chi connectivity index (χ3n) is 4.32. The summed E-state index contributed by atoms with van der Waals surface area (Å²) in [5.41, 5.74) is 2.92. The fraction of sp³-hybridized carbons (Fsp3) is 0.143. The lowest BCUT2D eigenvalue weighted by molar-refractivity contribution is 0.0174. The molecule has 0 radical (unpaired) electrons. The fourth-order valence-corrected chi connectivity index (χ4v) is 3.51. The van der Waals surface area contributed by atoms with Crippen LogP contribution in [0.4, 0.5) is 14.5 Å². The van der Waals surface area contributed by atoms with Crippen molar-refractivity contribution in [2.45, 2.75) is 24.2 Å². The van der Waals surface area contributed by atoms with Crippen molar-refractivity contribution in [3.63, 3.8) is 0 Å². The first-order chi connectivity index (χ1) is 14.2. The van der Waals surface area contributed by atoms with Crippen LogP contribution in [-0.4, -0.2) is 9.78 Å². The Labute approximate surface area is 182 Å². The maximum Gasteiger partial charge on any atom is 0.270 e. The van der Waals surface area contributed by atoms with Crippen LogP contribution in [0.25, 0.3) is 5.69 Å². The molecule has 0 amide bonds. The lowest BCUT2D eigenvalue weighted by Crippen LogP contribution is -2.09. The van der Waals surface area contributed by atoms with Crippen LogP contribution in [0.3, 0.4) is 0 Å². The van der Waals surface area contributed by atoms with Crippen LogP contribution < -0.4 is 10.5 Å². The average molecular weight is 446 g/mol. The van der Waals surface area contributed by atoms with Gasteiger partial charge in [-0.2, -0.15) is 10.4 Å². The maximum absolute atomic E-state index is 13.6. The number of halogens is 3. The Morgan fingerprint density at radius 3 is 2.77 bits per heavy atom. The molecule has 0 unspecified atom stereocenters. The van der Waals surface area contributed by atoms with Gasteiger partial charge in [0.15, 0.2) is 0 Å². The number of hydrogen-bond donors (Lipinski definition) is 2. The SMILES string of the molecule is C=C(Cc1cc(C(C)(F)F)ccc1Cl)Nc1ccc(-n2cc(C#N)cn2)c(SN)c1. The van der Waals surface area contributed by atoms with Crippen LogP contribution in [-0.2, 0) is 12.3 Å². The highest BCUT2D eigenvalue weighted by molar-refractivity contribution is 7.97. The molecule has 0 saturated carbocycles. The number of nitrogens with one attached hydrogen (secondary N) is 1. The van der Waals surface area contributed by atoms with Gasteiger partial charge in [-0.3, -0.25) is 5.14 Å². The Balaban J connectivity index is 1.78. The van der Waals surface area contributed by atoms with Crippen molar-refractivity contribution in [1.29, 1.82) is 5.26 Å². The zero-order valence-electron chi connectivity index (χ0n) is 16.0. The molecule has 0 aliphatic rings. The quantitative estimate of drug-likeness (QED) is 0.460. The summed E-state index contributed by atoms with van der Waals surface area (Å²) >= 11 is 7.22. The third kappa shape index (κ3) is 5.00. The lowest BCUT2D eigenvalue weighted by Gasteiger charge is -2.16. The van der Waals surface area contributed by atoms with Crippen LogP contribution in [0.5, 0.6) is 0 Å². The molecule has 3 rings (SSSR count). The minimum Gasteiger partial charge on any atom is -0.359 e. The van der Waals surface area contributed by atoms with E-state index in [2.05, 4.69) is 17.0 Å². The van der Waals surface area contributed by atoms with E-state index < -0.39 is 5.92 Å². The second-order valence-corrected chi connectivity index (χ2v) is 7.77. The van der Waals surface area contributed by atoms with Crippen molar-refractivity contribution < 1.29 is 8.78 Å². The second-order valence-electron chi connectivity index (χ2n) is 6.69. The van der Waals surface area contributed by atoms with Crippen LogP contribution in [0.15, 0.2) is 66.0 Å². The minimum atomic E-state index is -2.95. The van der Waals surface area contributed by atoms with Gasteiger partial charge in [0.05, 0.1) is 22.3 Å². The van der Waals surface area contributed by atoms with E-state index in [0.717, 1.165) is 35.1 Å². The van der Waals surface area contributed by atoms with Crippen molar-refractivity contribution >= 4 is 29.2 Å². The number of allylic oxidation sites excluding steroid dienone is 1. The highest BCUT2D eigenvalue weighted by atomic mass is 35.5. The molecule has 1 heterocycles. The van der Waals surface area contributed by atoms with Crippen molar-refractivity contribution in [3.8, 4) is 11.8 Å². The summed E-state index contributed by atoms with van der Waals surface area (Å²) in [6, 6.07) is 11.6. The van der Waals surface area contributed by atoms with Gasteiger partial charge in [-0.1, -0.05) is 24.2 Å². The molecule has 0 fully saturated rings. The predicted octanol–water partition coefficient (Wildman–Crippen LogP) is 5.64. The van der Waals surface area contributed by atoms with Crippen LogP contribution >= 0.6 is 23.5 Å². The normalized spacial score (nSPS) is 11.2. The first-order valence-electron chi connectivity index (χ1n) is 8.78. The highest BCUT2D eigenvalue weighted by Crippen LogP contribution is 2.31. The van der Waals surface area contributed by atoms with E-state index in [1.54, 1.807) is 10.9 Å². The molecular weight excluding hydrogens is 428 g/mol. The van der Waals surface area contributed by atoms with Gasteiger partial charge in [-0.05, 0) is 47.8 Å². The molecule has 2 aromatic carbocycles. The van der Waals surface area contributed by atoms with Gasteiger partial charge in [0.1, 0.15) is 6.07 Å². The number of nitriles is 1. The van der Waals surface area contributed by atoms with Gasteiger partial charge in [0.2, 0.25) is 0 Å². The first kappa shape index (κ1) is 21.8. The molecular formula is C21H18ClF2N5S. The van der Waals surface area contributed by atoms with Gasteiger partial charge in [0.25, 0.3) is 5.92 Å². The number of nitrogens with two attached hydrogens (primary N) is 1.